The van der Waals surface area contributed by atoms with E-state index in [0.717, 1.165) is 59.6 Å². The summed E-state index contributed by atoms with van der Waals surface area (Å²) in [6, 6.07) is 8.36. The lowest BCUT2D eigenvalue weighted by molar-refractivity contribution is 0.488. The molecule has 0 saturated carbocycles. The van der Waals surface area contributed by atoms with Crippen LogP contribution in [0, 0.1) is 6.92 Å². The summed E-state index contributed by atoms with van der Waals surface area (Å²) in [5.41, 5.74) is 4.38. The van der Waals surface area contributed by atoms with Crippen molar-refractivity contribution in [2.75, 3.05) is 18.0 Å². The van der Waals surface area contributed by atoms with Crippen molar-refractivity contribution >= 4 is 27.9 Å². The van der Waals surface area contributed by atoms with E-state index in [4.69, 9.17) is 4.98 Å². The molecule has 6 heteroatoms. The third-order valence-electron chi connectivity index (χ3n) is 5.25. The van der Waals surface area contributed by atoms with Crippen molar-refractivity contribution in [3.63, 3.8) is 0 Å². The molecule has 0 aliphatic carbocycles. The summed E-state index contributed by atoms with van der Waals surface area (Å²) in [5, 5.41) is 1.10. The fourth-order valence-corrected chi connectivity index (χ4v) is 3.86. The summed E-state index contributed by atoms with van der Waals surface area (Å²) in [5.74, 6) is 2.63. The zero-order chi connectivity index (χ0) is 16.8. The molecule has 2 N–H and O–H groups in total. The Labute approximate surface area is 145 Å². The highest BCUT2D eigenvalue weighted by Crippen LogP contribution is 2.32. The number of hydrogen-bond donors (Lipinski definition) is 2. The van der Waals surface area contributed by atoms with Crippen LogP contribution in [-0.4, -0.2) is 38.0 Å². The van der Waals surface area contributed by atoms with Gasteiger partial charge in [-0.2, -0.15) is 0 Å². The summed E-state index contributed by atoms with van der Waals surface area (Å²) >= 11 is 0. The Bertz CT molecular complexity index is 1040. The molecule has 6 nitrogen and oxygen atoms in total. The monoisotopic (exact) mass is 332 g/mol. The first kappa shape index (κ1) is 14.5. The molecule has 1 aliphatic heterocycles. The second-order valence-electron chi connectivity index (χ2n) is 6.79. The smallest absolute Gasteiger partial charge is 0.142 e. The molecule has 0 radical (unpaired) electrons. The van der Waals surface area contributed by atoms with Crippen LogP contribution in [0.5, 0.6) is 0 Å². The number of H-pyrrole nitrogens is 2. The van der Waals surface area contributed by atoms with Crippen molar-refractivity contribution in [2.24, 2.45) is 0 Å². The lowest BCUT2D eigenvalue weighted by Gasteiger charge is -2.32. The molecule has 3 aromatic heterocycles. The highest BCUT2D eigenvalue weighted by atomic mass is 15.2. The summed E-state index contributed by atoms with van der Waals surface area (Å²) in [6.45, 7) is 4.09. The Morgan fingerprint density at radius 2 is 2.00 bits per heavy atom. The van der Waals surface area contributed by atoms with Crippen molar-refractivity contribution in [3.05, 3.63) is 48.2 Å². The van der Waals surface area contributed by atoms with Gasteiger partial charge in [-0.3, -0.25) is 0 Å². The maximum atomic E-state index is 4.87. The predicted molar refractivity (Wildman–Crippen MR) is 98.9 cm³/mol. The van der Waals surface area contributed by atoms with Gasteiger partial charge in [-0.1, -0.05) is 12.1 Å². The van der Waals surface area contributed by atoms with Crippen LogP contribution in [-0.2, 0) is 0 Å². The van der Waals surface area contributed by atoms with Gasteiger partial charge in [-0.25, -0.2) is 15.0 Å². The van der Waals surface area contributed by atoms with E-state index >= 15 is 0 Å². The van der Waals surface area contributed by atoms with Gasteiger partial charge in [0.2, 0.25) is 0 Å². The van der Waals surface area contributed by atoms with Gasteiger partial charge in [-0.05, 0) is 37.5 Å². The number of aromatic nitrogens is 5. The normalized spacial score (nSPS) is 16.1. The fourth-order valence-electron chi connectivity index (χ4n) is 3.86. The van der Waals surface area contributed by atoms with E-state index in [-0.39, 0.29) is 0 Å². The van der Waals surface area contributed by atoms with Crippen LogP contribution < -0.4 is 4.90 Å². The van der Waals surface area contributed by atoms with Crippen molar-refractivity contribution in [3.8, 4) is 0 Å². The lowest BCUT2D eigenvalue weighted by Crippen LogP contribution is -2.33. The summed E-state index contributed by atoms with van der Waals surface area (Å²) in [6.07, 6.45) is 5.72. The summed E-state index contributed by atoms with van der Waals surface area (Å²) in [7, 11) is 0. The largest absolute Gasteiger partial charge is 0.356 e. The topological polar surface area (TPSA) is 73.5 Å². The van der Waals surface area contributed by atoms with Crippen LogP contribution in [0.1, 0.15) is 30.1 Å². The SMILES string of the molecule is Cc1cccc2[nH]c(C3CCN(c4ncnc5[nH]ccc45)CC3)nc12. The summed E-state index contributed by atoms with van der Waals surface area (Å²) in [4.78, 5) is 22.7. The molecular weight excluding hydrogens is 312 g/mol. The number of benzene rings is 1. The van der Waals surface area contributed by atoms with Crippen LogP contribution >= 0.6 is 0 Å². The van der Waals surface area contributed by atoms with Gasteiger partial charge in [0.05, 0.1) is 16.4 Å². The number of imidazole rings is 1. The first-order valence-electron chi connectivity index (χ1n) is 8.78. The maximum absolute atomic E-state index is 4.87. The number of nitrogens with one attached hydrogen (secondary N) is 2. The van der Waals surface area contributed by atoms with Gasteiger partial charge in [0.25, 0.3) is 0 Å². The van der Waals surface area contributed by atoms with Crippen molar-refractivity contribution in [1.29, 1.82) is 0 Å². The van der Waals surface area contributed by atoms with Crippen molar-refractivity contribution in [1.82, 2.24) is 24.9 Å². The molecule has 1 fully saturated rings. The Morgan fingerprint density at radius 3 is 2.84 bits per heavy atom. The Hall–Kier alpha value is -2.89. The molecule has 1 aromatic carbocycles. The predicted octanol–water partition coefficient (Wildman–Crippen LogP) is 3.53. The molecule has 0 unspecified atom stereocenters. The third kappa shape index (κ3) is 2.36. The Kier molecular flexibility index (Phi) is 3.23. The molecule has 1 aliphatic rings. The average molecular weight is 332 g/mol. The molecule has 0 amide bonds. The number of hydrogen-bond acceptors (Lipinski definition) is 4. The molecule has 1 saturated heterocycles. The first-order valence-corrected chi connectivity index (χ1v) is 8.78. The van der Waals surface area contributed by atoms with Crippen LogP contribution in [0.15, 0.2) is 36.8 Å². The van der Waals surface area contributed by atoms with E-state index in [1.54, 1.807) is 6.33 Å². The number of nitrogens with zero attached hydrogens (tertiary/aromatic N) is 4. The number of fused-ring (bicyclic) bond motifs is 2. The molecular formula is C19H20N6. The van der Waals surface area contributed by atoms with Gasteiger partial charge in [-0.15, -0.1) is 0 Å². The minimum atomic E-state index is 0.478. The van der Waals surface area contributed by atoms with Gasteiger partial charge < -0.3 is 14.9 Å². The fraction of sp³-hybridized carbons (Fsp3) is 0.316. The van der Waals surface area contributed by atoms with E-state index < -0.39 is 0 Å². The number of aryl methyl sites for hydroxylation is 1. The van der Waals surface area contributed by atoms with Gasteiger partial charge in [0, 0.05) is 25.2 Å². The van der Waals surface area contributed by atoms with Gasteiger partial charge in [0.1, 0.15) is 23.6 Å². The van der Waals surface area contributed by atoms with Crippen LogP contribution in [0.3, 0.4) is 0 Å². The molecule has 0 spiro atoms. The zero-order valence-corrected chi connectivity index (χ0v) is 14.2. The van der Waals surface area contributed by atoms with E-state index in [1.807, 2.05) is 6.20 Å². The lowest BCUT2D eigenvalue weighted by atomic mass is 9.96. The molecule has 126 valence electrons. The molecule has 0 bridgehead atoms. The second kappa shape index (κ2) is 5.58. The summed E-state index contributed by atoms with van der Waals surface area (Å²) < 4.78 is 0. The highest BCUT2D eigenvalue weighted by Gasteiger charge is 2.25. The number of piperidine rings is 1. The maximum Gasteiger partial charge on any atom is 0.142 e. The van der Waals surface area contributed by atoms with Crippen LogP contribution in [0.4, 0.5) is 5.82 Å². The zero-order valence-electron chi connectivity index (χ0n) is 14.2. The number of aromatic amines is 2. The standard InChI is InChI=1S/C19H20N6/c1-12-3-2-4-15-16(12)24-17(23-15)13-6-9-25(10-7-13)19-14-5-8-20-18(14)21-11-22-19/h2-5,8,11,13H,6-7,9-10H2,1H3,(H,23,24)(H,20,21,22). The van der Waals surface area contributed by atoms with Crippen molar-refractivity contribution in [2.45, 2.75) is 25.7 Å². The Morgan fingerprint density at radius 1 is 1.12 bits per heavy atom. The first-order chi connectivity index (χ1) is 12.3. The Balaban J connectivity index is 1.38. The highest BCUT2D eigenvalue weighted by molar-refractivity contribution is 5.87. The van der Waals surface area contributed by atoms with E-state index in [9.17, 15) is 0 Å². The van der Waals surface area contributed by atoms with E-state index in [2.05, 4.69) is 56.0 Å². The number of rotatable bonds is 2. The van der Waals surface area contributed by atoms with E-state index in [0.29, 0.717) is 5.92 Å². The minimum absolute atomic E-state index is 0.478. The molecule has 4 heterocycles. The molecule has 25 heavy (non-hydrogen) atoms. The second-order valence-corrected chi connectivity index (χ2v) is 6.79. The van der Waals surface area contributed by atoms with E-state index in [1.165, 1.54) is 5.56 Å². The average Bonchev–Trinajstić information content (AvgIpc) is 3.29. The van der Waals surface area contributed by atoms with Gasteiger partial charge >= 0.3 is 0 Å². The molecule has 0 atom stereocenters. The molecule has 5 rings (SSSR count). The quantitative estimate of drug-likeness (QED) is 0.589. The minimum Gasteiger partial charge on any atom is -0.356 e. The third-order valence-corrected chi connectivity index (χ3v) is 5.25. The molecule has 4 aromatic rings. The van der Waals surface area contributed by atoms with Crippen LogP contribution in [0.2, 0.25) is 0 Å². The number of para-hydroxylation sites is 1. The number of anilines is 1. The van der Waals surface area contributed by atoms with Crippen molar-refractivity contribution < 1.29 is 0 Å². The van der Waals surface area contributed by atoms with Gasteiger partial charge in [0.15, 0.2) is 0 Å². The van der Waals surface area contributed by atoms with Crippen LogP contribution in [0.25, 0.3) is 22.1 Å².